The minimum Gasteiger partial charge on any atom is -0.329 e. The summed E-state index contributed by atoms with van der Waals surface area (Å²) >= 11 is 2.79. The Morgan fingerprint density at radius 3 is 2.62 bits per heavy atom. The van der Waals surface area contributed by atoms with Crippen molar-refractivity contribution in [2.75, 3.05) is 13.6 Å². The Kier molecular flexibility index (Phi) is 6.33. The van der Waals surface area contributed by atoms with Gasteiger partial charge in [-0.2, -0.15) is 4.31 Å². The molecule has 0 aliphatic rings. The van der Waals surface area contributed by atoms with Gasteiger partial charge in [0, 0.05) is 25.0 Å². The van der Waals surface area contributed by atoms with Crippen molar-refractivity contribution in [3.05, 3.63) is 22.5 Å². The fourth-order valence-electron chi connectivity index (χ4n) is 1.60. The molecule has 2 aromatic heterocycles. The molecule has 1 atom stereocenters. The lowest BCUT2D eigenvalue weighted by molar-refractivity contribution is 0.395. The van der Waals surface area contributed by atoms with E-state index in [1.807, 2.05) is 12.3 Å². The number of thiophene rings is 1. The maximum Gasteiger partial charge on any atom is 0.252 e. The number of nitrogens with two attached hydrogens (primary N) is 1. The summed E-state index contributed by atoms with van der Waals surface area (Å²) in [6, 6.07) is 3.20. The highest BCUT2D eigenvalue weighted by atomic mass is 35.5. The van der Waals surface area contributed by atoms with Gasteiger partial charge in [-0.05, 0) is 26.0 Å². The fourth-order valence-corrected chi connectivity index (χ4v) is 5.11. The third kappa shape index (κ3) is 3.82. The Labute approximate surface area is 139 Å². The van der Waals surface area contributed by atoms with E-state index >= 15 is 0 Å². The van der Waals surface area contributed by atoms with E-state index in [0.717, 1.165) is 15.6 Å². The molecule has 2 N–H and O–H groups in total. The van der Waals surface area contributed by atoms with Crippen LogP contribution in [0.4, 0.5) is 0 Å². The van der Waals surface area contributed by atoms with Crippen LogP contribution >= 0.6 is 35.1 Å². The molecule has 0 amide bonds. The van der Waals surface area contributed by atoms with Crippen molar-refractivity contribution in [2.45, 2.75) is 24.1 Å². The largest absolute Gasteiger partial charge is 0.329 e. The first-order valence-electron chi connectivity index (χ1n) is 6.06. The van der Waals surface area contributed by atoms with Crippen LogP contribution in [-0.2, 0) is 10.0 Å². The summed E-state index contributed by atoms with van der Waals surface area (Å²) in [5, 5.41) is 2.90. The highest BCUT2D eigenvalue weighted by molar-refractivity contribution is 7.91. The second-order valence-electron chi connectivity index (χ2n) is 4.48. The van der Waals surface area contributed by atoms with Crippen LogP contribution in [0.15, 0.2) is 21.7 Å². The quantitative estimate of drug-likeness (QED) is 0.881. The molecule has 5 nitrogen and oxygen atoms in total. The van der Waals surface area contributed by atoms with Gasteiger partial charge in [0.1, 0.15) is 4.21 Å². The molecule has 0 fully saturated rings. The monoisotopic (exact) mass is 367 g/mol. The van der Waals surface area contributed by atoms with Gasteiger partial charge in [0.2, 0.25) is 0 Å². The molecular weight excluding hydrogens is 350 g/mol. The number of hydrogen-bond donors (Lipinski definition) is 1. The molecule has 2 aromatic rings. The molecule has 0 saturated carbocycles. The van der Waals surface area contributed by atoms with E-state index in [2.05, 4.69) is 4.98 Å². The Bertz CT molecular complexity index is 696. The molecule has 2 heterocycles. The zero-order chi connectivity index (χ0) is 14.9. The van der Waals surface area contributed by atoms with Gasteiger partial charge < -0.3 is 5.73 Å². The Balaban J connectivity index is 0.00000220. The Morgan fingerprint density at radius 1 is 1.43 bits per heavy atom. The smallest absolute Gasteiger partial charge is 0.252 e. The van der Waals surface area contributed by atoms with Gasteiger partial charge in [-0.1, -0.05) is 0 Å². The van der Waals surface area contributed by atoms with E-state index < -0.39 is 10.0 Å². The average Bonchev–Trinajstić information content (AvgIpc) is 3.05. The Morgan fingerprint density at radius 2 is 2.10 bits per heavy atom. The first-order chi connectivity index (χ1) is 9.36. The van der Waals surface area contributed by atoms with Gasteiger partial charge in [-0.25, -0.2) is 13.4 Å². The predicted molar refractivity (Wildman–Crippen MR) is 90.9 cm³/mol. The first-order valence-corrected chi connectivity index (χ1v) is 9.20. The van der Waals surface area contributed by atoms with Gasteiger partial charge in [-0.3, -0.25) is 0 Å². The Hall–Kier alpha value is -0.510. The molecular formula is C12H18ClN3O2S3. The molecule has 0 aromatic carbocycles. The maximum absolute atomic E-state index is 12.4. The number of halogens is 1. The van der Waals surface area contributed by atoms with Crippen molar-refractivity contribution in [3.8, 4) is 10.6 Å². The summed E-state index contributed by atoms with van der Waals surface area (Å²) in [5.41, 5.74) is 6.36. The van der Waals surface area contributed by atoms with E-state index in [-0.39, 0.29) is 18.4 Å². The van der Waals surface area contributed by atoms with Crippen LogP contribution in [0, 0.1) is 6.92 Å². The molecule has 118 valence electrons. The second kappa shape index (κ2) is 7.17. The van der Waals surface area contributed by atoms with Gasteiger partial charge >= 0.3 is 0 Å². The van der Waals surface area contributed by atoms with Crippen molar-refractivity contribution in [1.82, 2.24) is 9.29 Å². The maximum atomic E-state index is 12.4. The number of likely N-dealkylation sites (N-methyl/N-ethyl adjacent to an activating group) is 1. The first kappa shape index (κ1) is 18.5. The van der Waals surface area contributed by atoms with Crippen LogP contribution in [0.5, 0.6) is 0 Å². The SMILES string of the molecule is Cc1nc(-c2ccc(S(=O)(=O)N(C)C(C)CN)s2)cs1.Cl. The summed E-state index contributed by atoms with van der Waals surface area (Å²) < 4.78 is 26.5. The molecule has 1 unspecified atom stereocenters. The van der Waals surface area contributed by atoms with E-state index in [1.165, 1.54) is 15.6 Å². The topological polar surface area (TPSA) is 76.3 Å². The van der Waals surface area contributed by atoms with E-state index in [9.17, 15) is 8.42 Å². The van der Waals surface area contributed by atoms with E-state index in [1.54, 1.807) is 37.4 Å². The van der Waals surface area contributed by atoms with Crippen LogP contribution in [-0.4, -0.2) is 37.3 Å². The molecule has 21 heavy (non-hydrogen) atoms. The number of aromatic nitrogens is 1. The van der Waals surface area contributed by atoms with Gasteiger partial charge in [0.25, 0.3) is 10.0 Å². The standard InChI is InChI=1S/C12H17N3O2S3.ClH/c1-8(6-13)15(3)20(16,17)12-5-4-11(19-12)10-7-18-9(2)14-10;/h4-5,7-8H,6,13H2,1-3H3;1H. The summed E-state index contributed by atoms with van der Waals surface area (Å²) in [5.74, 6) is 0. The lowest BCUT2D eigenvalue weighted by Gasteiger charge is -2.21. The summed E-state index contributed by atoms with van der Waals surface area (Å²) in [6.45, 7) is 4.01. The highest BCUT2D eigenvalue weighted by Gasteiger charge is 2.26. The van der Waals surface area contributed by atoms with Crippen LogP contribution < -0.4 is 5.73 Å². The van der Waals surface area contributed by atoms with Crippen molar-refractivity contribution < 1.29 is 8.42 Å². The van der Waals surface area contributed by atoms with Crippen LogP contribution in [0.1, 0.15) is 11.9 Å². The number of nitrogens with zero attached hydrogens (tertiary/aromatic N) is 2. The minimum absolute atomic E-state index is 0. The molecule has 9 heteroatoms. The normalized spacial score (nSPS) is 13.2. The third-order valence-electron chi connectivity index (χ3n) is 3.05. The summed E-state index contributed by atoms with van der Waals surface area (Å²) in [7, 11) is -1.93. The highest BCUT2D eigenvalue weighted by Crippen LogP contribution is 2.32. The number of hydrogen-bond acceptors (Lipinski definition) is 6. The van der Waals surface area contributed by atoms with Crippen LogP contribution in [0.25, 0.3) is 10.6 Å². The van der Waals surface area contributed by atoms with Crippen molar-refractivity contribution in [2.24, 2.45) is 5.73 Å². The summed E-state index contributed by atoms with van der Waals surface area (Å²) in [4.78, 5) is 5.24. The van der Waals surface area contributed by atoms with Crippen molar-refractivity contribution in [1.29, 1.82) is 0 Å². The molecule has 0 aliphatic carbocycles. The van der Waals surface area contributed by atoms with E-state index in [4.69, 9.17) is 5.73 Å². The van der Waals surface area contributed by atoms with E-state index in [0.29, 0.717) is 10.8 Å². The van der Waals surface area contributed by atoms with Gasteiger partial charge in [0.15, 0.2) is 0 Å². The molecule has 0 radical (unpaired) electrons. The van der Waals surface area contributed by atoms with Crippen LogP contribution in [0.3, 0.4) is 0 Å². The average molecular weight is 368 g/mol. The molecule has 0 saturated heterocycles. The minimum atomic E-state index is -3.48. The van der Waals surface area contributed by atoms with Crippen molar-refractivity contribution in [3.63, 3.8) is 0 Å². The van der Waals surface area contributed by atoms with Gasteiger partial charge in [0.05, 0.1) is 15.6 Å². The predicted octanol–water partition coefficient (Wildman–Crippen LogP) is 2.57. The fraction of sp³-hybridized carbons (Fsp3) is 0.417. The summed E-state index contributed by atoms with van der Waals surface area (Å²) in [6.07, 6.45) is 0. The molecule has 0 spiro atoms. The zero-order valence-electron chi connectivity index (χ0n) is 11.9. The zero-order valence-corrected chi connectivity index (χ0v) is 15.2. The number of rotatable bonds is 5. The third-order valence-corrected chi connectivity index (χ3v) is 7.37. The van der Waals surface area contributed by atoms with Gasteiger partial charge in [-0.15, -0.1) is 35.1 Å². The number of aryl methyl sites for hydroxylation is 1. The van der Waals surface area contributed by atoms with Crippen molar-refractivity contribution >= 4 is 45.1 Å². The van der Waals surface area contributed by atoms with Crippen LogP contribution in [0.2, 0.25) is 0 Å². The lowest BCUT2D eigenvalue weighted by atomic mass is 10.4. The molecule has 0 bridgehead atoms. The number of thiazole rings is 1. The lowest BCUT2D eigenvalue weighted by Crippen LogP contribution is -2.39. The molecule has 2 rings (SSSR count). The number of sulfonamides is 1. The molecule has 0 aliphatic heterocycles. The second-order valence-corrected chi connectivity index (χ2v) is 8.85.